The summed E-state index contributed by atoms with van der Waals surface area (Å²) in [4.78, 5) is 0. The van der Waals surface area contributed by atoms with Crippen LogP contribution in [0.1, 0.15) is 54.5 Å². The normalized spacial score (nSPS) is 15.7. The number of benzene rings is 2. The average molecular weight is 451 g/mol. The lowest BCUT2D eigenvalue weighted by Gasteiger charge is -2.20. The van der Waals surface area contributed by atoms with E-state index in [4.69, 9.17) is 39.5 Å². The van der Waals surface area contributed by atoms with E-state index in [0.717, 1.165) is 16.8 Å². The van der Waals surface area contributed by atoms with E-state index in [1.54, 1.807) is 6.07 Å². The summed E-state index contributed by atoms with van der Waals surface area (Å²) in [5.74, 6) is 0.524. The van der Waals surface area contributed by atoms with E-state index in [9.17, 15) is 0 Å². The first-order chi connectivity index (χ1) is 14.1. The van der Waals surface area contributed by atoms with E-state index < -0.39 is 0 Å². The number of rotatable bonds is 7. The SMILES string of the molecule is Clc1ccc(COC(Cn2cc(C3CCCC3)nn2)c2ccc(Cl)cc2Cl)cc1. The van der Waals surface area contributed by atoms with Crippen molar-refractivity contribution in [3.8, 4) is 0 Å². The van der Waals surface area contributed by atoms with Crippen molar-refractivity contribution >= 4 is 34.8 Å². The minimum Gasteiger partial charge on any atom is -0.367 e. The highest BCUT2D eigenvalue weighted by Crippen LogP contribution is 2.34. The molecular weight excluding hydrogens is 429 g/mol. The van der Waals surface area contributed by atoms with Gasteiger partial charge in [-0.05, 0) is 42.7 Å². The molecule has 4 rings (SSSR count). The molecule has 0 bridgehead atoms. The van der Waals surface area contributed by atoms with Crippen molar-refractivity contribution in [2.75, 3.05) is 0 Å². The highest BCUT2D eigenvalue weighted by Gasteiger charge is 2.22. The molecule has 1 aliphatic rings. The molecule has 0 radical (unpaired) electrons. The molecule has 29 heavy (non-hydrogen) atoms. The van der Waals surface area contributed by atoms with Gasteiger partial charge in [-0.15, -0.1) is 5.10 Å². The first-order valence-electron chi connectivity index (χ1n) is 9.79. The summed E-state index contributed by atoms with van der Waals surface area (Å²) in [6.07, 6.45) is 6.68. The van der Waals surface area contributed by atoms with Gasteiger partial charge in [-0.3, -0.25) is 0 Å². The summed E-state index contributed by atoms with van der Waals surface area (Å²) in [5.41, 5.74) is 2.99. The first-order valence-corrected chi connectivity index (χ1v) is 10.9. The zero-order chi connectivity index (χ0) is 20.2. The molecule has 4 nitrogen and oxygen atoms in total. The van der Waals surface area contributed by atoms with Gasteiger partial charge in [0.1, 0.15) is 6.10 Å². The van der Waals surface area contributed by atoms with E-state index in [2.05, 4.69) is 10.3 Å². The van der Waals surface area contributed by atoms with Crippen LogP contribution in [0.4, 0.5) is 0 Å². The number of hydrogen-bond acceptors (Lipinski definition) is 3. The van der Waals surface area contributed by atoms with E-state index in [0.29, 0.717) is 34.1 Å². The lowest BCUT2D eigenvalue weighted by atomic mass is 10.1. The van der Waals surface area contributed by atoms with Gasteiger partial charge in [-0.25, -0.2) is 4.68 Å². The van der Waals surface area contributed by atoms with Gasteiger partial charge in [0.15, 0.2) is 0 Å². The molecule has 0 spiro atoms. The monoisotopic (exact) mass is 449 g/mol. The lowest BCUT2D eigenvalue weighted by molar-refractivity contribution is 0.0254. The van der Waals surface area contributed by atoms with Crippen LogP contribution in [-0.4, -0.2) is 15.0 Å². The van der Waals surface area contributed by atoms with Gasteiger partial charge in [0.2, 0.25) is 0 Å². The summed E-state index contributed by atoms with van der Waals surface area (Å²) < 4.78 is 8.11. The van der Waals surface area contributed by atoms with Crippen LogP contribution >= 0.6 is 34.8 Å². The lowest BCUT2D eigenvalue weighted by Crippen LogP contribution is -2.14. The Hall–Kier alpha value is -1.59. The number of hydrogen-bond donors (Lipinski definition) is 0. The maximum Gasteiger partial charge on any atom is 0.104 e. The molecule has 2 aromatic carbocycles. The number of halogens is 3. The van der Waals surface area contributed by atoms with Crippen molar-refractivity contribution in [2.24, 2.45) is 0 Å². The van der Waals surface area contributed by atoms with Crippen molar-refractivity contribution < 1.29 is 4.74 Å². The predicted octanol–water partition coefficient (Wildman–Crippen LogP) is 6.85. The maximum absolute atomic E-state index is 6.47. The molecule has 0 amide bonds. The Morgan fingerprint density at radius 3 is 2.45 bits per heavy atom. The van der Waals surface area contributed by atoms with Crippen molar-refractivity contribution in [3.63, 3.8) is 0 Å². The topological polar surface area (TPSA) is 39.9 Å². The Balaban J connectivity index is 1.53. The minimum atomic E-state index is -0.284. The highest BCUT2D eigenvalue weighted by atomic mass is 35.5. The third-order valence-electron chi connectivity index (χ3n) is 5.36. The van der Waals surface area contributed by atoms with Gasteiger partial charge >= 0.3 is 0 Å². The first kappa shape index (κ1) is 20.7. The van der Waals surface area contributed by atoms with Crippen molar-refractivity contribution in [1.82, 2.24) is 15.0 Å². The van der Waals surface area contributed by atoms with E-state index in [-0.39, 0.29) is 6.10 Å². The highest BCUT2D eigenvalue weighted by molar-refractivity contribution is 6.35. The Labute approximate surface area is 185 Å². The Bertz CT molecular complexity index is 952. The largest absolute Gasteiger partial charge is 0.367 e. The Morgan fingerprint density at radius 1 is 1.00 bits per heavy atom. The Morgan fingerprint density at radius 2 is 1.72 bits per heavy atom. The second-order valence-electron chi connectivity index (χ2n) is 7.44. The van der Waals surface area contributed by atoms with Crippen LogP contribution < -0.4 is 0 Å². The average Bonchev–Trinajstić information content (AvgIpc) is 3.38. The van der Waals surface area contributed by atoms with Crippen molar-refractivity contribution in [2.45, 2.75) is 50.9 Å². The van der Waals surface area contributed by atoms with Gasteiger partial charge in [-0.2, -0.15) is 0 Å². The molecule has 1 atom stereocenters. The second kappa shape index (κ2) is 9.48. The summed E-state index contributed by atoms with van der Waals surface area (Å²) in [6.45, 7) is 0.958. The quantitative estimate of drug-likeness (QED) is 0.395. The van der Waals surface area contributed by atoms with Crippen molar-refractivity contribution in [1.29, 1.82) is 0 Å². The fraction of sp³-hybridized carbons (Fsp3) is 0.364. The molecule has 0 aliphatic heterocycles. The van der Waals surface area contributed by atoms with Crippen LogP contribution in [0.5, 0.6) is 0 Å². The molecule has 7 heteroatoms. The minimum absolute atomic E-state index is 0.284. The fourth-order valence-corrected chi connectivity index (χ4v) is 4.42. The van der Waals surface area contributed by atoms with Crippen LogP contribution in [-0.2, 0) is 17.9 Å². The van der Waals surface area contributed by atoms with Crippen LogP contribution in [0.25, 0.3) is 0 Å². The van der Waals surface area contributed by atoms with Gasteiger partial charge in [-0.1, -0.05) is 71.1 Å². The molecule has 1 aliphatic carbocycles. The Kier molecular flexibility index (Phi) is 6.76. The summed E-state index contributed by atoms with van der Waals surface area (Å²) in [7, 11) is 0. The van der Waals surface area contributed by atoms with Gasteiger partial charge in [0, 0.05) is 32.7 Å². The van der Waals surface area contributed by atoms with Crippen LogP contribution in [0.3, 0.4) is 0 Å². The molecule has 1 fully saturated rings. The van der Waals surface area contributed by atoms with Crippen LogP contribution in [0.2, 0.25) is 15.1 Å². The van der Waals surface area contributed by atoms with E-state index in [1.807, 2.05) is 47.3 Å². The van der Waals surface area contributed by atoms with Crippen LogP contribution in [0, 0.1) is 0 Å². The molecule has 152 valence electrons. The summed E-state index contributed by atoms with van der Waals surface area (Å²) in [6, 6.07) is 13.1. The zero-order valence-corrected chi connectivity index (χ0v) is 18.2. The molecule has 1 unspecified atom stereocenters. The third kappa shape index (κ3) is 5.32. The molecule has 1 heterocycles. The molecular formula is C22H22Cl3N3O. The number of nitrogens with zero attached hydrogens (tertiary/aromatic N) is 3. The molecule has 3 aromatic rings. The summed E-state index contributed by atoms with van der Waals surface area (Å²) >= 11 is 18.5. The molecule has 0 saturated heterocycles. The molecule has 0 N–H and O–H groups in total. The van der Waals surface area contributed by atoms with Gasteiger partial charge in [0.25, 0.3) is 0 Å². The fourth-order valence-electron chi connectivity index (χ4n) is 3.76. The van der Waals surface area contributed by atoms with Crippen LogP contribution in [0.15, 0.2) is 48.7 Å². The van der Waals surface area contributed by atoms with Gasteiger partial charge in [0.05, 0.1) is 18.8 Å². The summed E-state index contributed by atoms with van der Waals surface area (Å²) in [5, 5.41) is 10.6. The smallest absolute Gasteiger partial charge is 0.104 e. The maximum atomic E-state index is 6.47. The number of aromatic nitrogens is 3. The zero-order valence-electron chi connectivity index (χ0n) is 15.9. The third-order valence-corrected chi connectivity index (χ3v) is 6.17. The van der Waals surface area contributed by atoms with E-state index >= 15 is 0 Å². The van der Waals surface area contributed by atoms with Crippen molar-refractivity contribution in [3.05, 3.63) is 80.6 Å². The van der Waals surface area contributed by atoms with Gasteiger partial charge < -0.3 is 4.74 Å². The van der Waals surface area contributed by atoms with E-state index in [1.165, 1.54) is 25.7 Å². The predicted molar refractivity (Wildman–Crippen MR) is 117 cm³/mol. The standard InChI is InChI=1S/C22H22Cl3N3O/c23-17-7-5-15(6-8-17)14-29-22(19-10-9-18(24)11-20(19)25)13-28-12-21(26-27-28)16-3-1-2-4-16/h5-12,16,22H,1-4,13-14H2. The second-order valence-corrected chi connectivity index (χ2v) is 8.72. The molecule has 1 aromatic heterocycles. The number of ether oxygens (including phenoxy) is 1. The molecule has 1 saturated carbocycles.